The molecule has 0 saturated carbocycles. The number of hydrogen-bond acceptors (Lipinski definition) is 3. The molecule has 1 heterocycles. The molecule has 0 bridgehead atoms. The van der Waals surface area contributed by atoms with Crippen molar-refractivity contribution in [2.75, 3.05) is 0 Å². The van der Waals surface area contributed by atoms with Crippen LogP contribution in [0, 0.1) is 5.82 Å². The second-order valence-corrected chi connectivity index (χ2v) is 2.34. The summed E-state index contributed by atoms with van der Waals surface area (Å²) in [5, 5.41) is 9.51. The minimum atomic E-state index is -0.425. The lowest BCUT2D eigenvalue weighted by atomic mass is 10.3. The summed E-state index contributed by atoms with van der Waals surface area (Å²) in [7, 11) is 0. The minimum absolute atomic E-state index is 0.136. The van der Waals surface area contributed by atoms with Crippen molar-refractivity contribution in [1.29, 1.82) is 0 Å². The van der Waals surface area contributed by atoms with Gasteiger partial charge >= 0.3 is 0 Å². The smallest absolute Gasteiger partial charge is 0.258 e. The number of para-hydroxylation sites is 1. The highest BCUT2D eigenvalue weighted by molar-refractivity contribution is 5.26. The number of aromatic amines is 1. The van der Waals surface area contributed by atoms with Crippen LogP contribution in [0.1, 0.15) is 0 Å². The fourth-order valence-corrected chi connectivity index (χ4v) is 0.880. The SMILES string of the molecule is Fc1ccccc1Oc1cn[nH]n1. The Hall–Kier alpha value is -1.91. The molecule has 66 valence electrons. The van der Waals surface area contributed by atoms with Gasteiger partial charge in [-0.3, -0.25) is 0 Å². The van der Waals surface area contributed by atoms with Gasteiger partial charge in [-0.2, -0.15) is 10.3 Å². The van der Waals surface area contributed by atoms with Gasteiger partial charge in [0.25, 0.3) is 5.88 Å². The van der Waals surface area contributed by atoms with Crippen LogP contribution in [0.2, 0.25) is 0 Å². The van der Waals surface area contributed by atoms with E-state index in [1.165, 1.54) is 18.3 Å². The van der Waals surface area contributed by atoms with E-state index in [2.05, 4.69) is 15.4 Å². The van der Waals surface area contributed by atoms with Crippen molar-refractivity contribution in [1.82, 2.24) is 15.4 Å². The van der Waals surface area contributed by atoms with Crippen LogP contribution in [0.4, 0.5) is 4.39 Å². The zero-order valence-corrected chi connectivity index (χ0v) is 6.57. The molecule has 0 aliphatic rings. The maximum atomic E-state index is 13.0. The van der Waals surface area contributed by atoms with Crippen molar-refractivity contribution in [2.24, 2.45) is 0 Å². The monoisotopic (exact) mass is 179 g/mol. The average Bonchev–Trinajstić information content (AvgIpc) is 2.61. The first kappa shape index (κ1) is 7.72. The standard InChI is InChI=1S/C8H6FN3O/c9-6-3-1-2-4-7(6)13-8-5-10-12-11-8/h1-5H,(H,10,11,12). The first-order valence-corrected chi connectivity index (χ1v) is 3.64. The van der Waals surface area contributed by atoms with Gasteiger partial charge in [0.15, 0.2) is 11.6 Å². The molecule has 1 aromatic heterocycles. The Morgan fingerprint density at radius 1 is 1.31 bits per heavy atom. The number of nitrogens with zero attached hydrogens (tertiary/aromatic N) is 2. The summed E-state index contributed by atoms with van der Waals surface area (Å²) in [6, 6.07) is 6.10. The van der Waals surface area contributed by atoms with E-state index < -0.39 is 5.82 Å². The highest BCUT2D eigenvalue weighted by Gasteiger charge is 2.03. The fourth-order valence-electron chi connectivity index (χ4n) is 0.880. The quantitative estimate of drug-likeness (QED) is 0.763. The van der Waals surface area contributed by atoms with Crippen LogP contribution >= 0.6 is 0 Å². The summed E-state index contributed by atoms with van der Waals surface area (Å²) in [4.78, 5) is 0. The molecule has 0 spiro atoms. The van der Waals surface area contributed by atoms with Crippen molar-refractivity contribution in [3.05, 3.63) is 36.3 Å². The minimum Gasteiger partial charge on any atom is -0.433 e. The summed E-state index contributed by atoms with van der Waals surface area (Å²) in [6.07, 6.45) is 1.37. The average molecular weight is 179 g/mol. The van der Waals surface area contributed by atoms with E-state index in [4.69, 9.17) is 4.74 Å². The van der Waals surface area contributed by atoms with Crippen LogP contribution in [0.5, 0.6) is 11.6 Å². The van der Waals surface area contributed by atoms with Crippen LogP contribution in [0.3, 0.4) is 0 Å². The predicted molar refractivity (Wildman–Crippen MR) is 42.9 cm³/mol. The summed E-state index contributed by atoms with van der Waals surface area (Å²) in [5.74, 6) is -0.0491. The number of nitrogens with one attached hydrogen (secondary N) is 1. The fraction of sp³-hybridized carbons (Fsp3) is 0. The number of ether oxygens (including phenoxy) is 1. The van der Waals surface area contributed by atoms with Crippen molar-refractivity contribution in [3.63, 3.8) is 0 Å². The number of hydrogen-bond donors (Lipinski definition) is 1. The van der Waals surface area contributed by atoms with E-state index in [-0.39, 0.29) is 11.6 Å². The maximum absolute atomic E-state index is 13.0. The molecule has 0 unspecified atom stereocenters. The van der Waals surface area contributed by atoms with E-state index in [1.807, 2.05) is 0 Å². The third kappa shape index (κ3) is 1.64. The van der Waals surface area contributed by atoms with E-state index in [1.54, 1.807) is 12.1 Å². The van der Waals surface area contributed by atoms with Crippen molar-refractivity contribution < 1.29 is 9.13 Å². The van der Waals surface area contributed by atoms with Crippen LogP contribution in [0.25, 0.3) is 0 Å². The summed E-state index contributed by atoms with van der Waals surface area (Å²) in [6.45, 7) is 0. The summed E-state index contributed by atoms with van der Waals surface area (Å²) in [5.41, 5.74) is 0. The lowest BCUT2D eigenvalue weighted by Crippen LogP contribution is -1.87. The molecule has 0 radical (unpaired) electrons. The largest absolute Gasteiger partial charge is 0.433 e. The van der Waals surface area contributed by atoms with Crippen LogP contribution < -0.4 is 4.74 Å². The van der Waals surface area contributed by atoms with Gasteiger partial charge in [0.2, 0.25) is 0 Å². The van der Waals surface area contributed by atoms with Crippen LogP contribution in [-0.4, -0.2) is 15.4 Å². The van der Waals surface area contributed by atoms with Gasteiger partial charge in [0, 0.05) is 0 Å². The molecular formula is C8H6FN3O. The zero-order chi connectivity index (χ0) is 9.10. The molecule has 0 aliphatic carbocycles. The molecule has 0 atom stereocenters. The van der Waals surface area contributed by atoms with Crippen molar-refractivity contribution in [2.45, 2.75) is 0 Å². The molecule has 2 aromatic rings. The van der Waals surface area contributed by atoms with Crippen LogP contribution in [0.15, 0.2) is 30.5 Å². The number of rotatable bonds is 2. The van der Waals surface area contributed by atoms with Gasteiger partial charge in [0.1, 0.15) is 6.20 Å². The Kier molecular flexibility index (Phi) is 1.91. The van der Waals surface area contributed by atoms with E-state index in [0.29, 0.717) is 0 Å². The maximum Gasteiger partial charge on any atom is 0.258 e. The number of aromatic nitrogens is 3. The van der Waals surface area contributed by atoms with Gasteiger partial charge in [0.05, 0.1) is 0 Å². The first-order valence-electron chi connectivity index (χ1n) is 3.64. The van der Waals surface area contributed by atoms with Gasteiger partial charge in [-0.25, -0.2) is 4.39 Å². The van der Waals surface area contributed by atoms with E-state index in [0.717, 1.165) is 0 Å². The molecule has 2 rings (SSSR count). The molecule has 13 heavy (non-hydrogen) atoms. The molecule has 0 saturated heterocycles. The third-order valence-corrected chi connectivity index (χ3v) is 1.44. The molecular weight excluding hydrogens is 173 g/mol. The Morgan fingerprint density at radius 2 is 2.15 bits per heavy atom. The third-order valence-electron chi connectivity index (χ3n) is 1.44. The lowest BCUT2D eigenvalue weighted by molar-refractivity contribution is 0.426. The van der Waals surface area contributed by atoms with E-state index in [9.17, 15) is 4.39 Å². The highest BCUT2D eigenvalue weighted by Crippen LogP contribution is 2.20. The molecule has 4 nitrogen and oxygen atoms in total. The van der Waals surface area contributed by atoms with Crippen molar-refractivity contribution >= 4 is 0 Å². The Balaban J connectivity index is 2.24. The second-order valence-electron chi connectivity index (χ2n) is 2.34. The van der Waals surface area contributed by atoms with Crippen molar-refractivity contribution in [3.8, 4) is 11.6 Å². The van der Waals surface area contributed by atoms with Crippen LogP contribution in [-0.2, 0) is 0 Å². The molecule has 0 fully saturated rings. The second kappa shape index (κ2) is 3.22. The Morgan fingerprint density at radius 3 is 2.85 bits per heavy atom. The lowest BCUT2D eigenvalue weighted by Gasteiger charge is -2.00. The molecule has 1 aromatic carbocycles. The topological polar surface area (TPSA) is 50.8 Å². The van der Waals surface area contributed by atoms with E-state index >= 15 is 0 Å². The van der Waals surface area contributed by atoms with Gasteiger partial charge in [-0.05, 0) is 12.1 Å². The number of benzene rings is 1. The molecule has 0 aliphatic heterocycles. The predicted octanol–water partition coefficient (Wildman–Crippen LogP) is 1.74. The van der Waals surface area contributed by atoms with Gasteiger partial charge in [-0.1, -0.05) is 12.1 Å². The summed E-state index contributed by atoms with van der Waals surface area (Å²) >= 11 is 0. The van der Waals surface area contributed by atoms with Gasteiger partial charge in [-0.15, -0.1) is 5.10 Å². The molecule has 0 amide bonds. The number of halogens is 1. The first-order chi connectivity index (χ1) is 6.36. The Labute approximate surface area is 73.4 Å². The molecule has 1 N–H and O–H groups in total. The number of H-pyrrole nitrogens is 1. The summed E-state index contributed by atoms with van der Waals surface area (Å²) < 4.78 is 18.1. The highest BCUT2D eigenvalue weighted by atomic mass is 19.1. The normalized spacial score (nSPS) is 9.92. The van der Waals surface area contributed by atoms with Gasteiger partial charge < -0.3 is 4.74 Å². The molecule has 5 heteroatoms. The Bertz CT molecular complexity index is 388. The zero-order valence-electron chi connectivity index (χ0n) is 6.57.